The summed E-state index contributed by atoms with van der Waals surface area (Å²) in [5, 5.41) is 15.3. The summed E-state index contributed by atoms with van der Waals surface area (Å²) in [4.78, 5) is 33.5. The van der Waals surface area contributed by atoms with Gasteiger partial charge >= 0.3 is 11.8 Å². The number of methoxy groups -OCH3 is 1. The molecule has 2 rings (SSSR count). The van der Waals surface area contributed by atoms with Gasteiger partial charge < -0.3 is 15.4 Å². The van der Waals surface area contributed by atoms with Crippen LogP contribution in [0.1, 0.15) is 0 Å². The third kappa shape index (κ3) is 4.27. The van der Waals surface area contributed by atoms with E-state index in [1.54, 1.807) is 24.3 Å². The molecule has 2 aromatic rings. The first kappa shape index (κ1) is 16.0. The highest BCUT2D eigenvalue weighted by Gasteiger charge is 2.14. The topological polar surface area (TPSA) is 111 Å². The Labute approximate surface area is 131 Å². The standard InChI is InChI=1S/C15H13N3O5/c1-23-13-8-4-11(5-9-13)17-15(20)14(19)16-10-2-6-12(7-3-10)18(21)22/h2-9H,1H3,(H,16,19)(H,17,20). The molecule has 0 unspecified atom stereocenters. The van der Waals surface area contributed by atoms with Crippen molar-refractivity contribution >= 4 is 28.9 Å². The van der Waals surface area contributed by atoms with Crippen molar-refractivity contribution in [3.05, 3.63) is 58.6 Å². The number of carbonyl (C=O) groups is 2. The van der Waals surface area contributed by atoms with Gasteiger partial charge in [-0.2, -0.15) is 0 Å². The highest BCUT2D eigenvalue weighted by molar-refractivity contribution is 6.43. The van der Waals surface area contributed by atoms with Crippen molar-refractivity contribution in [1.82, 2.24) is 0 Å². The van der Waals surface area contributed by atoms with Gasteiger partial charge in [0.25, 0.3) is 5.69 Å². The van der Waals surface area contributed by atoms with Crippen molar-refractivity contribution in [2.45, 2.75) is 0 Å². The number of amides is 2. The summed E-state index contributed by atoms with van der Waals surface area (Å²) in [6, 6.07) is 11.6. The van der Waals surface area contributed by atoms with Crippen LogP contribution in [0.4, 0.5) is 17.1 Å². The van der Waals surface area contributed by atoms with Crippen LogP contribution in [0.3, 0.4) is 0 Å². The minimum atomic E-state index is -0.880. The fourth-order valence-corrected chi connectivity index (χ4v) is 1.72. The summed E-state index contributed by atoms with van der Waals surface area (Å²) in [6.45, 7) is 0. The summed E-state index contributed by atoms with van der Waals surface area (Å²) < 4.78 is 4.99. The summed E-state index contributed by atoms with van der Waals surface area (Å²) in [5.41, 5.74) is 0.616. The number of hydrogen-bond acceptors (Lipinski definition) is 5. The summed E-state index contributed by atoms with van der Waals surface area (Å²) >= 11 is 0. The molecular formula is C15H13N3O5. The molecule has 2 N–H and O–H groups in total. The van der Waals surface area contributed by atoms with Crippen LogP contribution in [0.2, 0.25) is 0 Å². The first-order valence-corrected chi connectivity index (χ1v) is 6.50. The maximum atomic E-state index is 11.8. The number of hydrogen-bond donors (Lipinski definition) is 2. The highest BCUT2D eigenvalue weighted by Crippen LogP contribution is 2.16. The molecule has 0 saturated heterocycles. The van der Waals surface area contributed by atoms with E-state index in [0.717, 1.165) is 0 Å². The third-order valence-electron chi connectivity index (χ3n) is 2.89. The van der Waals surface area contributed by atoms with E-state index in [2.05, 4.69) is 10.6 Å². The van der Waals surface area contributed by atoms with Crippen LogP contribution in [0.15, 0.2) is 48.5 Å². The Hall–Kier alpha value is -3.42. The number of nitro benzene ring substituents is 1. The zero-order valence-electron chi connectivity index (χ0n) is 12.1. The van der Waals surface area contributed by atoms with Gasteiger partial charge in [0.2, 0.25) is 0 Å². The smallest absolute Gasteiger partial charge is 0.314 e. The molecule has 0 fully saturated rings. The molecule has 0 aliphatic rings. The van der Waals surface area contributed by atoms with Gasteiger partial charge in [0.1, 0.15) is 5.75 Å². The Bertz CT molecular complexity index is 726. The third-order valence-corrected chi connectivity index (χ3v) is 2.89. The average Bonchev–Trinajstić information content (AvgIpc) is 2.56. The van der Waals surface area contributed by atoms with Crippen molar-refractivity contribution in [1.29, 1.82) is 0 Å². The molecule has 0 aromatic heterocycles. The lowest BCUT2D eigenvalue weighted by molar-refractivity contribution is -0.384. The number of carbonyl (C=O) groups excluding carboxylic acids is 2. The number of nitrogens with zero attached hydrogens (tertiary/aromatic N) is 1. The average molecular weight is 315 g/mol. The van der Waals surface area contributed by atoms with Crippen molar-refractivity contribution in [3.63, 3.8) is 0 Å². The van der Waals surface area contributed by atoms with Gasteiger partial charge in [-0.1, -0.05) is 0 Å². The molecule has 0 atom stereocenters. The Kier molecular flexibility index (Phi) is 4.88. The van der Waals surface area contributed by atoms with Crippen LogP contribution in [-0.4, -0.2) is 23.8 Å². The Morgan fingerprint density at radius 2 is 1.35 bits per heavy atom. The molecule has 0 heterocycles. The lowest BCUT2D eigenvalue weighted by Crippen LogP contribution is -2.29. The molecule has 23 heavy (non-hydrogen) atoms. The minimum absolute atomic E-state index is 0.106. The fourth-order valence-electron chi connectivity index (χ4n) is 1.72. The van der Waals surface area contributed by atoms with Gasteiger partial charge in [0.15, 0.2) is 0 Å². The first-order chi connectivity index (χ1) is 11.0. The van der Waals surface area contributed by atoms with Crippen LogP contribution in [0.25, 0.3) is 0 Å². The van der Waals surface area contributed by atoms with Crippen molar-refractivity contribution in [3.8, 4) is 5.75 Å². The zero-order chi connectivity index (χ0) is 16.8. The van der Waals surface area contributed by atoms with Gasteiger partial charge in [-0.05, 0) is 36.4 Å². The van der Waals surface area contributed by atoms with Gasteiger partial charge in [-0.25, -0.2) is 0 Å². The molecule has 0 spiro atoms. The first-order valence-electron chi connectivity index (χ1n) is 6.50. The van der Waals surface area contributed by atoms with E-state index in [4.69, 9.17) is 4.74 Å². The van der Waals surface area contributed by atoms with E-state index in [1.165, 1.54) is 31.4 Å². The Balaban J connectivity index is 1.96. The molecule has 8 nitrogen and oxygen atoms in total. The molecule has 2 aromatic carbocycles. The number of nitro groups is 1. The fraction of sp³-hybridized carbons (Fsp3) is 0.0667. The van der Waals surface area contributed by atoms with Crippen LogP contribution in [0.5, 0.6) is 5.75 Å². The second-order valence-corrected chi connectivity index (χ2v) is 4.44. The van der Waals surface area contributed by atoms with Crippen molar-refractivity contribution in [2.75, 3.05) is 17.7 Å². The SMILES string of the molecule is COc1ccc(NC(=O)C(=O)Nc2ccc([N+](=O)[O-])cc2)cc1. The monoisotopic (exact) mass is 315 g/mol. The Morgan fingerprint density at radius 1 is 0.913 bits per heavy atom. The van der Waals surface area contributed by atoms with E-state index in [0.29, 0.717) is 11.4 Å². The molecule has 0 bridgehead atoms. The van der Waals surface area contributed by atoms with E-state index in [1.807, 2.05) is 0 Å². The van der Waals surface area contributed by atoms with Crippen molar-refractivity contribution < 1.29 is 19.2 Å². The van der Waals surface area contributed by atoms with Gasteiger partial charge in [0.05, 0.1) is 12.0 Å². The number of benzene rings is 2. The molecule has 0 radical (unpaired) electrons. The number of anilines is 2. The molecule has 118 valence electrons. The van der Waals surface area contributed by atoms with Crippen LogP contribution >= 0.6 is 0 Å². The van der Waals surface area contributed by atoms with E-state index in [9.17, 15) is 19.7 Å². The van der Waals surface area contributed by atoms with E-state index >= 15 is 0 Å². The molecular weight excluding hydrogens is 302 g/mol. The van der Waals surface area contributed by atoms with Crippen molar-refractivity contribution in [2.24, 2.45) is 0 Å². The second kappa shape index (κ2) is 7.03. The number of nitrogens with one attached hydrogen (secondary N) is 2. The summed E-state index contributed by atoms with van der Waals surface area (Å²) in [7, 11) is 1.52. The van der Waals surface area contributed by atoms with Crippen LogP contribution in [-0.2, 0) is 9.59 Å². The molecule has 8 heteroatoms. The number of rotatable bonds is 4. The van der Waals surface area contributed by atoms with E-state index < -0.39 is 16.7 Å². The predicted octanol–water partition coefficient (Wildman–Crippen LogP) is 2.18. The van der Waals surface area contributed by atoms with Gasteiger partial charge in [-0.3, -0.25) is 19.7 Å². The summed E-state index contributed by atoms with van der Waals surface area (Å²) in [5.74, 6) is -1.11. The lowest BCUT2D eigenvalue weighted by atomic mass is 10.2. The minimum Gasteiger partial charge on any atom is -0.497 e. The molecule has 0 saturated carbocycles. The van der Waals surface area contributed by atoms with Crippen LogP contribution < -0.4 is 15.4 Å². The molecule has 2 amide bonds. The summed E-state index contributed by atoms with van der Waals surface area (Å²) in [6.07, 6.45) is 0. The largest absolute Gasteiger partial charge is 0.497 e. The van der Waals surface area contributed by atoms with E-state index in [-0.39, 0.29) is 11.4 Å². The quantitative estimate of drug-likeness (QED) is 0.510. The van der Waals surface area contributed by atoms with Gasteiger partial charge in [0, 0.05) is 23.5 Å². The highest BCUT2D eigenvalue weighted by atomic mass is 16.6. The molecule has 0 aliphatic heterocycles. The Morgan fingerprint density at radius 3 is 1.74 bits per heavy atom. The normalized spacial score (nSPS) is 9.78. The lowest BCUT2D eigenvalue weighted by Gasteiger charge is -2.07. The van der Waals surface area contributed by atoms with Crippen LogP contribution in [0, 0.1) is 10.1 Å². The maximum Gasteiger partial charge on any atom is 0.314 e. The zero-order valence-corrected chi connectivity index (χ0v) is 12.1. The number of non-ortho nitro benzene ring substituents is 1. The molecule has 0 aliphatic carbocycles. The van der Waals surface area contributed by atoms with Gasteiger partial charge in [-0.15, -0.1) is 0 Å². The second-order valence-electron chi connectivity index (χ2n) is 4.44. The predicted molar refractivity (Wildman–Crippen MR) is 83.3 cm³/mol. The number of ether oxygens (including phenoxy) is 1. The maximum absolute atomic E-state index is 11.8.